The van der Waals surface area contributed by atoms with Crippen LogP contribution in [0.15, 0.2) is 0 Å². The number of sulfone groups is 1. The summed E-state index contributed by atoms with van der Waals surface area (Å²) in [6.07, 6.45) is 4.08. The van der Waals surface area contributed by atoms with Crippen LogP contribution < -0.4 is 5.32 Å². The summed E-state index contributed by atoms with van der Waals surface area (Å²) in [6.45, 7) is 6.22. The Labute approximate surface area is 99.9 Å². The molecule has 0 bridgehead atoms. The van der Waals surface area contributed by atoms with Crippen molar-refractivity contribution in [2.24, 2.45) is 5.92 Å². The third-order valence-corrected chi connectivity index (χ3v) is 5.22. The van der Waals surface area contributed by atoms with Crippen LogP contribution in [0.25, 0.3) is 0 Å². The van der Waals surface area contributed by atoms with Gasteiger partial charge in [0.2, 0.25) is 0 Å². The molecule has 1 fully saturated rings. The Bertz CT molecular complexity index is 296. The molecule has 0 saturated heterocycles. The minimum atomic E-state index is -2.80. The maximum atomic E-state index is 11.6. The minimum absolute atomic E-state index is 0.337. The standard InChI is InChI=1S/C12H25NO2S/c1-4-8-16(14,15)9-7-10(2)11(3)13-12-5-6-12/h10-13H,4-9H2,1-3H3. The molecule has 0 amide bonds. The molecule has 0 aromatic heterocycles. The lowest BCUT2D eigenvalue weighted by Crippen LogP contribution is -2.34. The molecule has 0 spiro atoms. The van der Waals surface area contributed by atoms with E-state index in [1.54, 1.807) is 0 Å². The molecule has 2 atom stereocenters. The van der Waals surface area contributed by atoms with Crippen LogP contribution >= 0.6 is 0 Å². The largest absolute Gasteiger partial charge is 0.311 e. The van der Waals surface area contributed by atoms with E-state index in [-0.39, 0.29) is 0 Å². The average molecular weight is 247 g/mol. The summed E-state index contributed by atoms with van der Waals surface area (Å²) in [6, 6.07) is 1.13. The molecule has 0 aromatic rings. The van der Waals surface area contributed by atoms with E-state index >= 15 is 0 Å². The molecule has 3 nitrogen and oxygen atoms in total. The zero-order valence-corrected chi connectivity index (χ0v) is 11.5. The van der Waals surface area contributed by atoms with E-state index in [0.29, 0.717) is 29.5 Å². The molecular weight excluding hydrogens is 222 g/mol. The van der Waals surface area contributed by atoms with Crippen molar-refractivity contribution in [3.05, 3.63) is 0 Å². The molecule has 4 heteroatoms. The average Bonchev–Trinajstić information content (AvgIpc) is 2.98. The zero-order chi connectivity index (χ0) is 12.2. The van der Waals surface area contributed by atoms with E-state index < -0.39 is 9.84 Å². The van der Waals surface area contributed by atoms with Crippen LogP contribution in [-0.2, 0) is 9.84 Å². The van der Waals surface area contributed by atoms with Gasteiger partial charge in [0, 0.05) is 17.8 Å². The van der Waals surface area contributed by atoms with Crippen LogP contribution in [0.5, 0.6) is 0 Å². The van der Waals surface area contributed by atoms with Crippen LogP contribution in [0, 0.1) is 5.92 Å². The molecule has 0 aliphatic heterocycles. The van der Waals surface area contributed by atoms with E-state index in [1.165, 1.54) is 12.8 Å². The van der Waals surface area contributed by atoms with Gasteiger partial charge in [-0.1, -0.05) is 13.8 Å². The molecule has 1 rings (SSSR count). The number of hydrogen-bond acceptors (Lipinski definition) is 3. The smallest absolute Gasteiger partial charge is 0.150 e. The highest BCUT2D eigenvalue weighted by atomic mass is 32.2. The van der Waals surface area contributed by atoms with Crippen molar-refractivity contribution >= 4 is 9.84 Å². The third-order valence-electron chi connectivity index (χ3n) is 3.33. The van der Waals surface area contributed by atoms with E-state index in [0.717, 1.165) is 12.8 Å². The molecule has 1 aliphatic rings. The number of nitrogens with one attached hydrogen (secondary N) is 1. The lowest BCUT2D eigenvalue weighted by Gasteiger charge is -2.21. The van der Waals surface area contributed by atoms with Crippen molar-refractivity contribution in [2.75, 3.05) is 11.5 Å². The summed E-state index contributed by atoms with van der Waals surface area (Å²) in [5, 5.41) is 3.53. The predicted molar refractivity (Wildman–Crippen MR) is 68.3 cm³/mol. The second kappa shape index (κ2) is 6.01. The Morgan fingerprint density at radius 1 is 1.25 bits per heavy atom. The minimum Gasteiger partial charge on any atom is -0.311 e. The fourth-order valence-corrected chi connectivity index (χ4v) is 3.37. The van der Waals surface area contributed by atoms with Gasteiger partial charge in [-0.3, -0.25) is 0 Å². The molecule has 96 valence electrons. The topological polar surface area (TPSA) is 46.2 Å². The van der Waals surface area contributed by atoms with Crippen molar-refractivity contribution in [1.29, 1.82) is 0 Å². The first kappa shape index (κ1) is 14.0. The maximum absolute atomic E-state index is 11.6. The van der Waals surface area contributed by atoms with Crippen LogP contribution in [0.4, 0.5) is 0 Å². The van der Waals surface area contributed by atoms with Gasteiger partial charge >= 0.3 is 0 Å². The normalized spacial score (nSPS) is 20.7. The van der Waals surface area contributed by atoms with Crippen molar-refractivity contribution in [3.8, 4) is 0 Å². The van der Waals surface area contributed by atoms with E-state index in [2.05, 4.69) is 19.2 Å². The van der Waals surface area contributed by atoms with Gasteiger partial charge in [0.05, 0.1) is 5.75 Å². The first-order chi connectivity index (χ1) is 7.44. The van der Waals surface area contributed by atoms with Gasteiger partial charge in [0.25, 0.3) is 0 Å². The Hall–Kier alpha value is -0.0900. The lowest BCUT2D eigenvalue weighted by molar-refractivity contribution is 0.388. The molecule has 2 unspecified atom stereocenters. The first-order valence-electron chi connectivity index (χ1n) is 6.41. The van der Waals surface area contributed by atoms with E-state index in [1.807, 2.05) is 6.92 Å². The summed E-state index contributed by atoms with van der Waals surface area (Å²) in [7, 11) is -2.80. The maximum Gasteiger partial charge on any atom is 0.150 e. The quantitative estimate of drug-likeness (QED) is 0.713. The molecule has 0 heterocycles. The molecule has 0 radical (unpaired) electrons. The summed E-state index contributed by atoms with van der Waals surface area (Å²) in [5.74, 6) is 1.12. The first-order valence-corrected chi connectivity index (χ1v) is 8.23. The van der Waals surface area contributed by atoms with Gasteiger partial charge in [0.15, 0.2) is 0 Å². The highest BCUT2D eigenvalue weighted by Gasteiger charge is 2.25. The van der Waals surface area contributed by atoms with Crippen LogP contribution in [-0.4, -0.2) is 32.0 Å². The molecule has 1 N–H and O–H groups in total. The van der Waals surface area contributed by atoms with E-state index in [4.69, 9.17) is 0 Å². The van der Waals surface area contributed by atoms with Gasteiger partial charge in [-0.25, -0.2) is 8.42 Å². The van der Waals surface area contributed by atoms with Gasteiger partial charge in [-0.15, -0.1) is 0 Å². The van der Waals surface area contributed by atoms with Gasteiger partial charge < -0.3 is 5.32 Å². The predicted octanol–water partition coefficient (Wildman–Crippen LogP) is 1.98. The monoisotopic (exact) mass is 247 g/mol. The van der Waals surface area contributed by atoms with Crippen molar-refractivity contribution in [3.63, 3.8) is 0 Å². The molecule has 1 aliphatic carbocycles. The third kappa shape index (κ3) is 5.30. The fourth-order valence-electron chi connectivity index (χ4n) is 1.81. The molecular formula is C12H25NO2S. The van der Waals surface area contributed by atoms with E-state index in [9.17, 15) is 8.42 Å². The highest BCUT2D eigenvalue weighted by Crippen LogP contribution is 2.21. The summed E-state index contributed by atoms with van der Waals surface area (Å²) < 4.78 is 23.1. The second-order valence-electron chi connectivity index (χ2n) is 5.15. The van der Waals surface area contributed by atoms with Gasteiger partial charge in [0.1, 0.15) is 9.84 Å². The summed E-state index contributed by atoms with van der Waals surface area (Å²) >= 11 is 0. The van der Waals surface area contributed by atoms with Crippen molar-refractivity contribution in [2.45, 2.75) is 58.5 Å². The lowest BCUT2D eigenvalue weighted by atomic mass is 10.0. The van der Waals surface area contributed by atoms with Crippen molar-refractivity contribution < 1.29 is 8.42 Å². The van der Waals surface area contributed by atoms with Crippen molar-refractivity contribution in [1.82, 2.24) is 5.32 Å². The SMILES string of the molecule is CCCS(=O)(=O)CCC(C)C(C)NC1CC1. The summed E-state index contributed by atoms with van der Waals surface area (Å²) in [5.41, 5.74) is 0. The Morgan fingerprint density at radius 3 is 2.38 bits per heavy atom. The fraction of sp³-hybridized carbons (Fsp3) is 1.00. The molecule has 16 heavy (non-hydrogen) atoms. The Kier molecular flexibility index (Phi) is 5.25. The Morgan fingerprint density at radius 2 is 1.88 bits per heavy atom. The summed E-state index contributed by atoms with van der Waals surface area (Å²) in [4.78, 5) is 0. The Balaban J connectivity index is 2.24. The van der Waals surface area contributed by atoms with Crippen LogP contribution in [0.3, 0.4) is 0 Å². The molecule has 0 aromatic carbocycles. The van der Waals surface area contributed by atoms with Gasteiger partial charge in [-0.2, -0.15) is 0 Å². The van der Waals surface area contributed by atoms with Crippen LogP contribution in [0.2, 0.25) is 0 Å². The second-order valence-corrected chi connectivity index (χ2v) is 7.45. The van der Waals surface area contributed by atoms with Crippen LogP contribution in [0.1, 0.15) is 46.5 Å². The zero-order valence-electron chi connectivity index (χ0n) is 10.7. The number of rotatable bonds is 8. The van der Waals surface area contributed by atoms with Gasteiger partial charge in [-0.05, 0) is 38.5 Å². The number of hydrogen-bond donors (Lipinski definition) is 1. The molecule has 1 saturated carbocycles. The highest BCUT2D eigenvalue weighted by molar-refractivity contribution is 7.91.